The number of carbonyl (C=O) groups excluding carboxylic acids is 1. The SMILES string of the molecule is CCCN(C)C(=O)c1cc(O)ccc1[N+](=O)[O-]. The monoisotopic (exact) mass is 238 g/mol. The second-order valence-corrected chi connectivity index (χ2v) is 3.69. The number of amides is 1. The van der Waals surface area contributed by atoms with Crippen molar-refractivity contribution in [1.29, 1.82) is 0 Å². The Morgan fingerprint density at radius 3 is 2.71 bits per heavy atom. The van der Waals surface area contributed by atoms with Crippen molar-refractivity contribution < 1.29 is 14.8 Å². The van der Waals surface area contributed by atoms with Gasteiger partial charge in [0.1, 0.15) is 11.3 Å². The molecule has 0 aromatic heterocycles. The Morgan fingerprint density at radius 2 is 2.18 bits per heavy atom. The van der Waals surface area contributed by atoms with Crippen molar-refractivity contribution in [3.63, 3.8) is 0 Å². The Balaban J connectivity index is 3.15. The molecular weight excluding hydrogens is 224 g/mol. The van der Waals surface area contributed by atoms with Crippen molar-refractivity contribution in [3.8, 4) is 5.75 Å². The van der Waals surface area contributed by atoms with Gasteiger partial charge in [0.05, 0.1) is 4.92 Å². The molecule has 17 heavy (non-hydrogen) atoms. The second kappa shape index (κ2) is 5.29. The number of phenols is 1. The smallest absolute Gasteiger partial charge is 0.282 e. The minimum absolute atomic E-state index is 0.0917. The number of benzene rings is 1. The largest absolute Gasteiger partial charge is 0.508 e. The summed E-state index contributed by atoms with van der Waals surface area (Å²) in [5.41, 5.74) is -0.387. The van der Waals surface area contributed by atoms with Crippen LogP contribution >= 0.6 is 0 Å². The highest BCUT2D eigenvalue weighted by Crippen LogP contribution is 2.24. The molecule has 0 aliphatic heterocycles. The molecule has 0 fully saturated rings. The molecule has 0 saturated carbocycles. The van der Waals surface area contributed by atoms with Gasteiger partial charge in [-0.15, -0.1) is 0 Å². The van der Waals surface area contributed by atoms with E-state index in [-0.39, 0.29) is 17.0 Å². The molecule has 92 valence electrons. The summed E-state index contributed by atoms with van der Waals surface area (Å²) in [6, 6.07) is 3.43. The van der Waals surface area contributed by atoms with Crippen LogP contribution in [0.25, 0.3) is 0 Å². The van der Waals surface area contributed by atoms with E-state index >= 15 is 0 Å². The van der Waals surface area contributed by atoms with E-state index in [0.29, 0.717) is 6.54 Å². The van der Waals surface area contributed by atoms with Crippen LogP contribution in [0.4, 0.5) is 5.69 Å². The standard InChI is InChI=1S/C11H14N2O4/c1-3-6-12(2)11(15)9-7-8(14)4-5-10(9)13(16)17/h4-5,7,14H,3,6H2,1-2H3. The maximum atomic E-state index is 11.9. The van der Waals surface area contributed by atoms with Gasteiger partial charge in [0.25, 0.3) is 11.6 Å². The molecule has 0 radical (unpaired) electrons. The molecule has 0 aliphatic carbocycles. The predicted molar refractivity (Wildman–Crippen MR) is 62.0 cm³/mol. The lowest BCUT2D eigenvalue weighted by atomic mass is 10.1. The minimum Gasteiger partial charge on any atom is -0.508 e. The van der Waals surface area contributed by atoms with Gasteiger partial charge in [0.15, 0.2) is 0 Å². The Morgan fingerprint density at radius 1 is 1.53 bits per heavy atom. The van der Waals surface area contributed by atoms with E-state index in [1.807, 2.05) is 6.92 Å². The number of hydrogen-bond acceptors (Lipinski definition) is 4. The van der Waals surface area contributed by atoms with Gasteiger partial charge in [-0.3, -0.25) is 14.9 Å². The van der Waals surface area contributed by atoms with E-state index in [1.54, 1.807) is 7.05 Å². The molecule has 6 nitrogen and oxygen atoms in total. The zero-order valence-corrected chi connectivity index (χ0v) is 9.71. The molecule has 0 bridgehead atoms. The summed E-state index contributed by atoms with van der Waals surface area (Å²) in [5, 5.41) is 20.1. The fourth-order valence-electron chi connectivity index (χ4n) is 1.50. The van der Waals surface area contributed by atoms with Crippen LogP contribution in [0.3, 0.4) is 0 Å². The van der Waals surface area contributed by atoms with Crippen molar-refractivity contribution in [3.05, 3.63) is 33.9 Å². The molecule has 1 rings (SSSR count). The molecule has 6 heteroatoms. The average Bonchev–Trinajstić information content (AvgIpc) is 2.27. The van der Waals surface area contributed by atoms with Crippen LogP contribution in [0.1, 0.15) is 23.7 Å². The molecule has 1 aromatic rings. The topological polar surface area (TPSA) is 83.7 Å². The minimum atomic E-state index is -0.632. The average molecular weight is 238 g/mol. The molecule has 1 amide bonds. The van der Waals surface area contributed by atoms with E-state index in [1.165, 1.54) is 11.0 Å². The maximum Gasteiger partial charge on any atom is 0.282 e. The van der Waals surface area contributed by atoms with Gasteiger partial charge < -0.3 is 10.0 Å². The number of hydrogen-bond donors (Lipinski definition) is 1. The zero-order valence-electron chi connectivity index (χ0n) is 9.71. The summed E-state index contributed by atoms with van der Waals surface area (Å²) in [6.45, 7) is 2.41. The highest BCUT2D eigenvalue weighted by atomic mass is 16.6. The van der Waals surface area contributed by atoms with Gasteiger partial charge in [-0.2, -0.15) is 0 Å². The van der Waals surface area contributed by atoms with Crippen molar-refractivity contribution in [2.24, 2.45) is 0 Å². The van der Waals surface area contributed by atoms with E-state index in [4.69, 9.17) is 0 Å². The van der Waals surface area contributed by atoms with Crippen molar-refractivity contribution >= 4 is 11.6 Å². The molecule has 0 unspecified atom stereocenters. The van der Waals surface area contributed by atoms with Crippen LogP contribution in [-0.4, -0.2) is 34.4 Å². The third-order valence-corrected chi connectivity index (χ3v) is 2.31. The fourth-order valence-corrected chi connectivity index (χ4v) is 1.50. The van der Waals surface area contributed by atoms with Gasteiger partial charge in [-0.1, -0.05) is 6.92 Å². The highest BCUT2D eigenvalue weighted by molar-refractivity contribution is 5.98. The molecule has 1 N–H and O–H groups in total. The van der Waals surface area contributed by atoms with Crippen molar-refractivity contribution in [1.82, 2.24) is 4.90 Å². The summed E-state index contributed by atoms with van der Waals surface area (Å²) >= 11 is 0. The summed E-state index contributed by atoms with van der Waals surface area (Å²) in [7, 11) is 1.57. The van der Waals surface area contributed by atoms with Crippen LogP contribution < -0.4 is 0 Å². The van der Waals surface area contributed by atoms with Gasteiger partial charge >= 0.3 is 0 Å². The Hall–Kier alpha value is -2.11. The van der Waals surface area contributed by atoms with Crippen LogP contribution in [-0.2, 0) is 0 Å². The van der Waals surface area contributed by atoms with Gasteiger partial charge in [-0.05, 0) is 18.6 Å². The lowest BCUT2D eigenvalue weighted by Gasteiger charge is -2.15. The van der Waals surface area contributed by atoms with Crippen LogP contribution in [0.5, 0.6) is 5.75 Å². The predicted octanol–water partition coefficient (Wildman–Crippen LogP) is 1.78. The number of nitro benzene ring substituents is 1. The van der Waals surface area contributed by atoms with Crippen LogP contribution in [0.15, 0.2) is 18.2 Å². The molecular formula is C11H14N2O4. The first-order valence-electron chi connectivity index (χ1n) is 5.20. The molecule has 0 aliphatic rings. The third-order valence-electron chi connectivity index (χ3n) is 2.31. The first-order valence-corrected chi connectivity index (χ1v) is 5.20. The second-order valence-electron chi connectivity index (χ2n) is 3.69. The number of aromatic hydroxyl groups is 1. The third kappa shape index (κ3) is 2.93. The lowest BCUT2D eigenvalue weighted by molar-refractivity contribution is -0.385. The highest BCUT2D eigenvalue weighted by Gasteiger charge is 2.22. The summed E-state index contributed by atoms with van der Waals surface area (Å²) in [5.74, 6) is -0.627. The van der Waals surface area contributed by atoms with E-state index < -0.39 is 10.8 Å². The first-order chi connectivity index (χ1) is 7.97. The Bertz CT molecular complexity index is 445. The molecule has 1 aromatic carbocycles. The van der Waals surface area contributed by atoms with E-state index in [0.717, 1.165) is 18.6 Å². The van der Waals surface area contributed by atoms with Crippen LogP contribution in [0, 0.1) is 10.1 Å². The fraction of sp³-hybridized carbons (Fsp3) is 0.364. The van der Waals surface area contributed by atoms with Gasteiger partial charge in [0.2, 0.25) is 0 Å². The quantitative estimate of drug-likeness (QED) is 0.640. The molecule has 0 spiro atoms. The van der Waals surface area contributed by atoms with E-state index in [9.17, 15) is 20.0 Å². The summed E-state index contributed by atoms with van der Waals surface area (Å²) in [4.78, 5) is 23.5. The Kier molecular flexibility index (Phi) is 4.03. The van der Waals surface area contributed by atoms with Crippen molar-refractivity contribution in [2.75, 3.05) is 13.6 Å². The van der Waals surface area contributed by atoms with Crippen molar-refractivity contribution in [2.45, 2.75) is 13.3 Å². The van der Waals surface area contributed by atoms with E-state index in [2.05, 4.69) is 0 Å². The normalized spacial score (nSPS) is 10.0. The number of carbonyl (C=O) groups is 1. The maximum absolute atomic E-state index is 11.9. The van der Waals surface area contributed by atoms with Gasteiger partial charge in [0, 0.05) is 19.7 Å². The lowest BCUT2D eigenvalue weighted by Crippen LogP contribution is -2.27. The van der Waals surface area contributed by atoms with Gasteiger partial charge in [-0.25, -0.2) is 0 Å². The van der Waals surface area contributed by atoms with Crippen LogP contribution in [0.2, 0.25) is 0 Å². The first kappa shape index (κ1) is 13.0. The summed E-state index contributed by atoms with van der Waals surface area (Å²) < 4.78 is 0. The zero-order chi connectivity index (χ0) is 13.0. The Labute approximate surface area is 98.6 Å². The molecule has 0 atom stereocenters. The molecule has 0 heterocycles. The number of nitro groups is 1. The summed E-state index contributed by atoms with van der Waals surface area (Å²) in [6.07, 6.45) is 0.759. The molecule has 0 saturated heterocycles. The number of nitrogens with zero attached hydrogens (tertiary/aromatic N) is 2. The number of rotatable bonds is 4. The number of phenolic OH excluding ortho intramolecular Hbond substituents is 1.